The van der Waals surface area contributed by atoms with Crippen molar-refractivity contribution in [1.29, 1.82) is 0 Å². The van der Waals surface area contributed by atoms with Crippen LogP contribution in [0.5, 0.6) is 11.5 Å². The number of hydrogen-bond acceptors (Lipinski definition) is 5. The molecule has 0 radical (unpaired) electrons. The van der Waals surface area contributed by atoms with E-state index in [1.807, 2.05) is 85.8 Å². The summed E-state index contributed by atoms with van der Waals surface area (Å²) in [5, 5.41) is 15.4. The lowest BCUT2D eigenvalue weighted by Gasteiger charge is -2.15. The Labute approximate surface area is 173 Å². The molecule has 0 aliphatic carbocycles. The second-order valence-corrected chi connectivity index (χ2v) is 7.02. The number of fused-ring (bicyclic) bond motifs is 2. The summed E-state index contributed by atoms with van der Waals surface area (Å²) in [5.41, 5.74) is 2.58. The third-order valence-corrected chi connectivity index (χ3v) is 5.07. The van der Waals surface area contributed by atoms with E-state index >= 15 is 0 Å². The highest BCUT2D eigenvalue weighted by Crippen LogP contribution is 2.31. The van der Waals surface area contributed by atoms with Crippen molar-refractivity contribution in [3.63, 3.8) is 0 Å². The van der Waals surface area contributed by atoms with Gasteiger partial charge in [0, 0.05) is 10.9 Å². The van der Waals surface area contributed by atoms with Crippen LogP contribution in [0.3, 0.4) is 0 Å². The minimum Gasteiger partial charge on any atom is -0.497 e. The van der Waals surface area contributed by atoms with Gasteiger partial charge in [-0.25, -0.2) is 0 Å². The van der Waals surface area contributed by atoms with Gasteiger partial charge in [0.1, 0.15) is 11.5 Å². The Morgan fingerprint density at radius 1 is 0.867 bits per heavy atom. The molecule has 5 rings (SSSR count). The van der Waals surface area contributed by atoms with Crippen molar-refractivity contribution < 1.29 is 9.47 Å². The van der Waals surface area contributed by atoms with Gasteiger partial charge >= 0.3 is 0 Å². The number of ether oxygens (including phenoxy) is 2. The summed E-state index contributed by atoms with van der Waals surface area (Å²) in [7, 11) is 1.66. The topological polar surface area (TPSA) is 61.5 Å². The van der Waals surface area contributed by atoms with E-state index < -0.39 is 0 Å². The van der Waals surface area contributed by atoms with Gasteiger partial charge < -0.3 is 9.47 Å². The van der Waals surface area contributed by atoms with Crippen molar-refractivity contribution in [2.24, 2.45) is 0 Å². The Bertz CT molecular complexity index is 1330. The maximum Gasteiger partial charge on any atom is 0.195 e. The fourth-order valence-electron chi connectivity index (χ4n) is 3.53. The zero-order chi connectivity index (χ0) is 20.5. The van der Waals surface area contributed by atoms with Crippen LogP contribution in [-0.2, 0) is 0 Å². The second-order valence-electron chi connectivity index (χ2n) is 7.02. The van der Waals surface area contributed by atoms with Crippen molar-refractivity contribution >= 4 is 16.4 Å². The first kappa shape index (κ1) is 18.1. The number of rotatable bonds is 5. The molecular weight excluding hydrogens is 376 g/mol. The zero-order valence-electron chi connectivity index (χ0n) is 16.7. The number of hydrogen-bond donors (Lipinski definition) is 0. The molecule has 0 unspecified atom stereocenters. The van der Waals surface area contributed by atoms with Crippen LogP contribution in [0.1, 0.15) is 18.9 Å². The van der Waals surface area contributed by atoms with Crippen LogP contribution >= 0.6 is 0 Å². The zero-order valence-corrected chi connectivity index (χ0v) is 16.7. The summed E-state index contributed by atoms with van der Waals surface area (Å²) in [6.07, 6.45) is -0.341. The molecule has 1 atom stereocenters. The Kier molecular flexibility index (Phi) is 4.52. The highest BCUT2D eigenvalue weighted by Gasteiger charge is 2.18. The fraction of sp³-hybridized carbons (Fsp3) is 0.125. The quantitative estimate of drug-likeness (QED) is 0.414. The largest absolute Gasteiger partial charge is 0.497 e. The van der Waals surface area contributed by atoms with Gasteiger partial charge in [0.15, 0.2) is 17.6 Å². The number of nitrogens with zero attached hydrogens (tertiary/aromatic N) is 4. The van der Waals surface area contributed by atoms with Crippen molar-refractivity contribution in [2.75, 3.05) is 7.11 Å². The smallest absolute Gasteiger partial charge is 0.195 e. The Balaban J connectivity index is 1.51. The van der Waals surface area contributed by atoms with E-state index in [1.165, 1.54) is 0 Å². The molecule has 0 N–H and O–H groups in total. The standard InChI is InChI=1S/C24H20N4O2/c1-16(30-22-10-6-9-18-15-19(29-2)11-12-20(18)22)24-26-25-23-14-13-21(27-28(23)24)17-7-4-3-5-8-17/h3-16H,1-2H3/t16-/m1/s1. The summed E-state index contributed by atoms with van der Waals surface area (Å²) in [6.45, 7) is 1.95. The highest BCUT2D eigenvalue weighted by molar-refractivity contribution is 5.89. The van der Waals surface area contributed by atoms with Crippen LogP contribution in [0, 0.1) is 0 Å². The third-order valence-electron chi connectivity index (χ3n) is 5.07. The van der Waals surface area contributed by atoms with Gasteiger partial charge in [0.05, 0.1) is 12.8 Å². The van der Waals surface area contributed by atoms with E-state index in [0.717, 1.165) is 33.5 Å². The van der Waals surface area contributed by atoms with Crippen molar-refractivity contribution in [3.05, 3.63) is 84.7 Å². The molecule has 0 saturated carbocycles. The van der Waals surface area contributed by atoms with E-state index in [0.29, 0.717) is 11.5 Å². The molecule has 2 heterocycles. The molecule has 148 valence electrons. The summed E-state index contributed by atoms with van der Waals surface area (Å²) in [5.74, 6) is 2.24. The lowest BCUT2D eigenvalue weighted by atomic mass is 10.1. The first-order valence-electron chi connectivity index (χ1n) is 9.74. The van der Waals surface area contributed by atoms with E-state index in [1.54, 1.807) is 11.6 Å². The minimum absolute atomic E-state index is 0.341. The van der Waals surface area contributed by atoms with Gasteiger partial charge in [-0.2, -0.15) is 9.61 Å². The first-order chi connectivity index (χ1) is 14.7. The Morgan fingerprint density at radius 3 is 2.57 bits per heavy atom. The molecule has 6 heteroatoms. The maximum absolute atomic E-state index is 6.30. The SMILES string of the molecule is COc1ccc2c(O[C@H](C)c3nnc4ccc(-c5ccccc5)nn34)cccc2c1. The van der Waals surface area contributed by atoms with Gasteiger partial charge in [0.25, 0.3) is 0 Å². The fourth-order valence-corrected chi connectivity index (χ4v) is 3.53. The van der Waals surface area contributed by atoms with E-state index in [9.17, 15) is 0 Å². The first-order valence-corrected chi connectivity index (χ1v) is 9.74. The van der Waals surface area contributed by atoms with Gasteiger partial charge in [-0.3, -0.25) is 0 Å². The minimum atomic E-state index is -0.341. The average molecular weight is 396 g/mol. The van der Waals surface area contributed by atoms with Crippen LogP contribution in [0.2, 0.25) is 0 Å². The molecule has 5 aromatic rings. The number of benzene rings is 3. The Morgan fingerprint density at radius 2 is 1.73 bits per heavy atom. The molecule has 0 amide bonds. The van der Waals surface area contributed by atoms with Crippen LogP contribution in [0.25, 0.3) is 27.7 Å². The highest BCUT2D eigenvalue weighted by atomic mass is 16.5. The van der Waals surface area contributed by atoms with Crippen LogP contribution in [0.4, 0.5) is 0 Å². The lowest BCUT2D eigenvalue weighted by molar-refractivity contribution is 0.216. The van der Waals surface area contributed by atoms with Gasteiger partial charge in [0.2, 0.25) is 0 Å². The molecular formula is C24H20N4O2. The third kappa shape index (κ3) is 3.22. The summed E-state index contributed by atoms with van der Waals surface area (Å²) in [6, 6.07) is 25.8. The molecule has 0 saturated heterocycles. The molecule has 0 spiro atoms. The molecule has 0 aliphatic heterocycles. The van der Waals surface area contributed by atoms with Crippen LogP contribution in [0.15, 0.2) is 78.9 Å². The molecule has 0 bridgehead atoms. The van der Waals surface area contributed by atoms with Crippen LogP contribution < -0.4 is 9.47 Å². The molecule has 2 aromatic heterocycles. The van der Waals surface area contributed by atoms with Gasteiger partial charge in [-0.1, -0.05) is 42.5 Å². The van der Waals surface area contributed by atoms with Crippen molar-refractivity contribution in [1.82, 2.24) is 19.8 Å². The number of aromatic nitrogens is 4. The summed E-state index contributed by atoms with van der Waals surface area (Å²) < 4.78 is 13.4. The average Bonchev–Trinajstić information content (AvgIpc) is 3.23. The second kappa shape index (κ2) is 7.48. The summed E-state index contributed by atoms with van der Waals surface area (Å²) >= 11 is 0. The monoisotopic (exact) mass is 396 g/mol. The Hall–Kier alpha value is -3.93. The van der Waals surface area contributed by atoms with Gasteiger partial charge in [-0.15, -0.1) is 10.2 Å². The molecule has 0 fully saturated rings. The molecule has 6 nitrogen and oxygen atoms in total. The van der Waals surface area contributed by atoms with Crippen molar-refractivity contribution in [2.45, 2.75) is 13.0 Å². The van der Waals surface area contributed by atoms with E-state index in [4.69, 9.17) is 14.6 Å². The summed E-state index contributed by atoms with van der Waals surface area (Å²) in [4.78, 5) is 0. The number of methoxy groups -OCH3 is 1. The van der Waals surface area contributed by atoms with Crippen LogP contribution in [-0.4, -0.2) is 26.9 Å². The van der Waals surface area contributed by atoms with Gasteiger partial charge in [-0.05, 0) is 48.7 Å². The predicted molar refractivity (Wildman–Crippen MR) is 116 cm³/mol. The van der Waals surface area contributed by atoms with E-state index in [2.05, 4.69) is 10.2 Å². The normalized spacial score (nSPS) is 12.2. The van der Waals surface area contributed by atoms with Crippen molar-refractivity contribution in [3.8, 4) is 22.8 Å². The molecule has 30 heavy (non-hydrogen) atoms. The lowest BCUT2D eigenvalue weighted by Crippen LogP contribution is -2.10. The maximum atomic E-state index is 6.30. The predicted octanol–water partition coefficient (Wildman–Crippen LogP) is 5.09. The van der Waals surface area contributed by atoms with E-state index in [-0.39, 0.29) is 6.10 Å². The molecule has 0 aliphatic rings. The molecule has 3 aromatic carbocycles.